The number of hydrogen-bond donors (Lipinski definition) is 2. The maximum atomic E-state index is 12.1. The highest BCUT2D eigenvalue weighted by Crippen LogP contribution is 2.28. The van der Waals surface area contributed by atoms with Crippen molar-refractivity contribution in [2.24, 2.45) is 0 Å². The Balaban J connectivity index is 1.60. The molecule has 1 unspecified atom stereocenters. The van der Waals surface area contributed by atoms with E-state index >= 15 is 0 Å². The number of carbonyl (C=O) groups is 1. The number of likely N-dealkylation sites (tertiary alicyclic amines) is 1. The van der Waals surface area contributed by atoms with Crippen LogP contribution in [0.1, 0.15) is 24.6 Å². The van der Waals surface area contributed by atoms with Crippen molar-refractivity contribution in [2.75, 3.05) is 25.4 Å². The number of nitrogens with two attached hydrogens (primary N) is 1. The highest BCUT2D eigenvalue weighted by atomic mass is 16.5. The van der Waals surface area contributed by atoms with Crippen molar-refractivity contribution >= 4 is 22.8 Å². The number of phenolic OH excluding ortho intramolecular Hbond substituents is 1. The van der Waals surface area contributed by atoms with E-state index in [0.29, 0.717) is 41.4 Å². The summed E-state index contributed by atoms with van der Waals surface area (Å²) >= 11 is 0. The summed E-state index contributed by atoms with van der Waals surface area (Å²) in [4.78, 5) is 22.3. The SMILES string of the molecule is C=CC(=O)N1CCCC(n2nc(C#CCOc3cccc(O)c3)c3c(N)ncnc32)C1. The van der Waals surface area contributed by atoms with Crippen molar-refractivity contribution in [1.29, 1.82) is 0 Å². The molecule has 3 aromatic rings. The average Bonchev–Trinajstić information content (AvgIpc) is 3.16. The topological polar surface area (TPSA) is 119 Å². The predicted octanol–water partition coefficient (Wildman–Crippen LogP) is 1.89. The van der Waals surface area contributed by atoms with Gasteiger partial charge in [0.2, 0.25) is 5.91 Å². The van der Waals surface area contributed by atoms with Crippen LogP contribution in [0.25, 0.3) is 11.0 Å². The van der Waals surface area contributed by atoms with E-state index in [1.807, 2.05) is 0 Å². The first-order chi connectivity index (χ1) is 15.1. The van der Waals surface area contributed by atoms with Gasteiger partial charge in [-0.3, -0.25) is 4.79 Å². The zero-order valence-corrected chi connectivity index (χ0v) is 16.9. The third kappa shape index (κ3) is 4.28. The van der Waals surface area contributed by atoms with Crippen LogP contribution < -0.4 is 10.5 Å². The van der Waals surface area contributed by atoms with Crippen LogP contribution in [0, 0.1) is 11.8 Å². The maximum absolute atomic E-state index is 12.1. The van der Waals surface area contributed by atoms with Crippen LogP contribution in [0.5, 0.6) is 11.5 Å². The third-order valence-corrected chi connectivity index (χ3v) is 5.08. The van der Waals surface area contributed by atoms with Crippen molar-refractivity contribution in [2.45, 2.75) is 18.9 Å². The number of benzene rings is 1. The number of ether oxygens (including phenoxy) is 1. The number of phenols is 1. The van der Waals surface area contributed by atoms with Crippen molar-refractivity contribution in [3.8, 4) is 23.3 Å². The number of nitrogens with zero attached hydrogens (tertiary/aromatic N) is 5. The highest BCUT2D eigenvalue weighted by Gasteiger charge is 2.27. The lowest BCUT2D eigenvalue weighted by Crippen LogP contribution is -2.40. The van der Waals surface area contributed by atoms with Crippen LogP contribution in [-0.2, 0) is 4.79 Å². The Bertz CT molecular complexity index is 1190. The van der Waals surface area contributed by atoms with Gasteiger partial charge in [-0.2, -0.15) is 5.10 Å². The summed E-state index contributed by atoms with van der Waals surface area (Å²) in [7, 11) is 0. The molecule has 2 aromatic heterocycles. The second-order valence-electron chi connectivity index (χ2n) is 7.12. The monoisotopic (exact) mass is 418 g/mol. The molecule has 0 aliphatic carbocycles. The summed E-state index contributed by atoms with van der Waals surface area (Å²) in [6, 6.07) is 6.45. The van der Waals surface area contributed by atoms with Gasteiger partial charge in [0.15, 0.2) is 5.65 Å². The molecule has 9 heteroatoms. The van der Waals surface area contributed by atoms with Crippen LogP contribution >= 0.6 is 0 Å². The van der Waals surface area contributed by atoms with E-state index in [1.54, 1.807) is 27.8 Å². The summed E-state index contributed by atoms with van der Waals surface area (Å²) in [6.45, 7) is 4.88. The Morgan fingerprint density at radius 1 is 1.42 bits per heavy atom. The van der Waals surface area contributed by atoms with Gasteiger partial charge in [-0.25, -0.2) is 14.6 Å². The molecule has 4 rings (SSSR count). The number of anilines is 1. The van der Waals surface area contributed by atoms with E-state index in [4.69, 9.17) is 10.5 Å². The molecule has 1 atom stereocenters. The molecular weight excluding hydrogens is 396 g/mol. The number of rotatable bonds is 4. The molecule has 0 spiro atoms. The van der Waals surface area contributed by atoms with Crippen molar-refractivity contribution in [3.05, 3.63) is 48.9 Å². The summed E-state index contributed by atoms with van der Waals surface area (Å²) < 4.78 is 7.33. The molecular formula is C22H22N6O3. The lowest BCUT2D eigenvalue weighted by molar-refractivity contribution is -0.127. The average molecular weight is 418 g/mol. The van der Waals surface area contributed by atoms with Gasteiger partial charge in [0.05, 0.1) is 11.4 Å². The van der Waals surface area contributed by atoms with Gasteiger partial charge in [0.25, 0.3) is 0 Å². The first-order valence-corrected chi connectivity index (χ1v) is 9.87. The molecule has 1 aromatic carbocycles. The molecule has 3 heterocycles. The second-order valence-corrected chi connectivity index (χ2v) is 7.12. The predicted molar refractivity (Wildman–Crippen MR) is 115 cm³/mol. The standard InChI is InChI=1S/C22H22N6O3/c1-2-19(30)27-10-4-6-15(13-27)28-22-20(21(23)24-14-25-22)18(26-28)9-5-11-31-17-8-3-7-16(29)12-17/h2-3,7-8,12,14-15,29H,1,4,6,10-11,13H2,(H2,23,24,25). The molecule has 1 amide bonds. The first kappa shape index (κ1) is 20.2. The number of hydrogen-bond acceptors (Lipinski definition) is 7. The summed E-state index contributed by atoms with van der Waals surface area (Å²) in [5.74, 6) is 6.75. The lowest BCUT2D eigenvalue weighted by atomic mass is 10.1. The molecule has 0 saturated carbocycles. The zero-order chi connectivity index (χ0) is 21.8. The van der Waals surface area contributed by atoms with E-state index in [-0.39, 0.29) is 24.3 Å². The smallest absolute Gasteiger partial charge is 0.246 e. The van der Waals surface area contributed by atoms with Crippen LogP contribution in [-0.4, -0.2) is 55.4 Å². The van der Waals surface area contributed by atoms with Crippen molar-refractivity contribution in [1.82, 2.24) is 24.6 Å². The Morgan fingerprint density at radius 2 is 2.29 bits per heavy atom. The van der Waals surface area contributed by atoms with E-state index in [9.17, 15) is 9.90 Å². The van der Waals surface area contributed by atoms with Gasteiger partial charge in [-0.1, -0.05) is 18.6 Å². The number of piperidine rings is 1. The van der Waals surface area contributed by atoms with E-state index in [1.165, 1.54) is 18.5 Å². The molecule has 0 bridgehead atoms. The van der Waals surface area contributed by atoms with E-state index < -0.39 is 0 Å². The summed E-state index contributed by atoms with van der Waals surface area (Å²) in [5.41, 5.74) is 7.14. The minimum absolute atomic E-state index is 0.0476. The molecule has 1 fully saturated rings. The van der Waals surface area contributed by atoms with Crippen molar-refractivity contribution < 1.29 is 14.6 Å². The molecule has 1 saturated heterocycles. The number of nitrogen functional groups attached to an aromatic ring is 1. The highest BCUT2D eigenvalue weighted by molar-refractivity contribution is 5.90. The second kappa shape index (κ2) is 8.75. The number of fused-ring (bicyclic) bond motifs is 1. The van der Waals surface area contributed by atoms with Crippen LogP contribution in [0.4, 0.5) is 5.82 Å². The molecule has 3 N–H and O–H groups in total. The van der Waals surface area contributed by atoms with Gasteiger partial charge < -0.3 is 20.5 Å². The minimum Gasteiger partial charge on any atom is -0.508 e. The summed E-state index contributed by atoms with van der Waals surface area (Å²) in [5, 5.41) is 14.7. The summed E-state index contributed by atoms with van der Waals surface area (Å²) in [6.07, 6.45) is 4.43. The fraction of sp³-hybridized carbons (Fsp3) is 0.273. The van der Waals surface area contributed by atoms with Gasteiger partial charge in [-0.15, -0.1) is 0 Å². The number of amides is 1. The fourth-order valence-corrected chi connectivity index (χ4v) is 3.63. The lowest BCUT2D eigenvalue weighted by Gasteiger charge is -2.32. The van der Waals surface area contributed by atoms with Gasteiger partial charge in [0, 0.05) is 19.2 Å². The van der Waals surface area contributed by atoms with Gasteiger partial charge >= 0.3 is 0 Å². The Hall–Kier alpha value is -4.06. The first-order valence-electron chi connectivity index (χ1n) is 9.87. The number of aromatic hydroxyl groups is 1. The van der Waals surface area contributed by atoms with Crippen LogP contribution in [0.3, 0.4) is 0 Å². The zero-order valence-electron chi connectivity index (χ0n) is 16.9. The Kier molecular flexibility index (Phi) is 5.71. The molecule has 1 aliphatic rings. The van der Waals surface area contributed by atoms with Gasteiger partial charge in [0.1, 0.15) is 35.9 Å². The Labute approximate surface area is 179 Å². The molecule has 158 valence electrons. The molecule has 1 aliphatic heterocycles. The van der Waals surface area contributed by atoms with E-state index in [0.717, 1.165) is 12.8 Å². The van der Waals surface area contributed by atoms with Crippen molar-refractivity contribution in [3.63, 3.8) is 0 Å². The quantitative estimate of drug-likeness (QED) is 0.490. The van der Waals surface area contributed by atoms with Crippen LogP contribution in [0.15, 0.2) is 43.2 Å². The number of carbonyl (C=O) groups excluding carboxylic acids is 1. The fourth-order valence-electron chi connectivity index (χ4n) is 3.63. The maximum Gasteiger partial charge on any atom is 0.246 e. The Morgan fingerprint density at radius 3 is 3.10 bits per heavy atom. The van der Waals surface area contributed by atoms with E-state index in [2.05, 4.69) is 33.5 Å². The number of aromatic nitrogens is 4. The minimum atomic E-state index is -0.0978. The van der Waals surface area contributed by atoms with Crippen LogP contribution in [0.2, 0.25) is 0 Å². The molecule has 0 radical (unpaired) electrons. The van der Waals surface area contributed by atoms with Gasteiger partial charge in [-0.05, 0) is 37.0 Å². The largest absolute Gasteiger partial charge is 0.508 e. The normalized spacial score (nSPS) is 15.9. The third-order valence-electron chi connectivity index (χ3n) is 5.08. The molecule has 31 heavy (non-hydrogen) atoms. The molecule has 9 nitrogen and oxygen atoms in total.